The van der Waals surface area contributed by atoms with E-state index in [0.29, 0.717) is 12.3 Å². The van der Waals surface area contributed by atoms with Crippen molar-refractivity contribution in [2.75, 3.05) is 12.3 Å². The lowest BCUT2D eigenvalue weighted by Gasteiger charge is -2.38. The molecule has 4 atom stereocenters. The number of nitrogens with zero attached hydrogens (tertiary/aromatic N) is 3. The third-order valence-corrected chi connectivity index (χ3v) is 5.01. The Morgan fingerprint density at radius 2 is 2.07 bits per heavy atom. The van der Waals surface area contributed by atoms with Gasteiger partial charge in [-0.25, -0.2) is 4.98 Å². The normalized spacial score (nSPS) is 30.4. The minimum Gasteiger partial charge on any atom is -0.369 e. The van der Waals surface area contributed by atoms with Crippen LogP contribution in [-0.4, -0.2) is 49.5 Å². The summed E-state index contributed by atoms with van der Waals surface area (Å²) in [6, 6.07) is 0. The van der Waals surface area contributed by atoms with E-state index < -0.39 is 11.8 Å². The van der Waals surface area contributed by atoms with E-state index in [-0.39, 0.29) is 40.2 Å². The molecule has 2 aromatic rings. The van der Waals surface area contributed by atoms with Crippen LogP contribution in [0.4, 0.5) is 5.95 Å². The lowest BCUT2D eigenvalue weighted by atomic mass is 9.80. The van der Waals surface area contributed by atoms with E-state index >= 15 is 0 Å². The zero-order valence-electron chi connectivity index (χ0n) is 17.3. The summed E-state index contributed by atoms with van der Waals surface area (Å²) in [4.78, 5) is 23.1. The van der Waals surface area contributed by atoms with Crippen molar-refractivity contribution < 1.29 is 14.2 Å². The first-order valence-electron chi connectivity index (χ1n) is 9.58. The highest BCUT2D eigenvalue weighted by Gasteiger charge is 2.64. The molecule has 0 saturated carbocycles. The molecule has 0 spiro atoms. The zero-order valence-corrected chi connectivity index (χ0v) is 17.3. The van der Waals surface area contributed by atoms with Crippen molar-refractivity contribution in [3.63, 3.8) is 0 Å². The monoisotopic (exact) mass is 391 g/mol. The molecule has 4 heterocycles. The molecule has 2 aliphatic rings. The maximum atomic E-state index is 12.1. The largest absolute Gasteiger partial charge is 0.369 e. The summed E-state index contributed by atoms with van der Waals surface area (Å²) >= 11 is 0. The summed E-state index contributed by atoms with van der Waals surface area (Å²) in [7, 11) is 0. The molecule has 3 unspecified atom stereocenters. The molecule has 2 saturated heterocycles. The van der Waals surface area contributed by atoms with Gasteiger partial charge in [0.2, 0.25) is 5.95 Å². The lowest BCUT2D eigenvalue weighted by Crippen LogP contribution is -2.47. The Bertz CT molecular complexity index is 954. The lowest BCUT2D eigenvalue weighted by molar-refractivity contribution is -0.187. The smallest absolute Gasteiger partial charge is 0.280 e. The highest BCUT2D eigenvalue weighted by Crippen LogP contribution is 2.52. The van der Waals surface area contributed by atoms with Crippen LogP contribution >= 0.6 is 0 Å². The predicted molar refractivity (Wildman–Crippen MR) is 104 cm³/mol. The highest BCUT2D eigenvalue weighted by atomic mass is 16.7. The van der Waals surface area contributed by atoms with Crippen LogP contribution in [0, 0.1) is 5.41 Å². The molecular formula is C19H29N5O4. The van der Waals surface area contributed by atoms with E-state index in [9.17, 15) is 4.79 Å². The van der Waals surface area contributed by atoms with Crippen molar-refractivity contribution >= 4 is 17.1 Å². The highest BCUT2D eigenvalue weighted by molar-refractivity contribution is 5.70. The summed E-state index contributed by atoms with van der Waals surface area (Å²) in [6.07, 6.45) is 1.26. The fraction of sp³-hybridized carbons (Fsp3) is 0.737. The number of H-pyrrole nitrogens is 1. The molecule has 4 rings (SSSR count). The number of imidazole rings is 1. The van der Waals surface area contributed by atoms with Crippen LogP contribution in [0.1, 0.15) is 54.2 Å². The van der Waals surface area contributed by atoms with Gasteiger partial charge in [-0.05, 0) is 32.6 Å². The minimum absolute atomic E-state index is 0.0173. The second-order valence-electron chi connectivity index (χ2n) is 10.0. The Morgan fingerprint density at radius 3 is 2.71 bits per heavy atom. The topological polar surface area (TPSA) is 117 Å². The molecule has 2 aliphatic heterocycles. The van der Waals surface area contributed by atoms with Gasteiger partial charge in [-0.2, -0.15) is 4.98 Å². The number of anilines is 1. The van der Waals surface area contributed by atoms with Gasteiger partial charge in [-0.3, -0.25) is 14.3 Å². The number of nitrogens with one attached hydrogen (secondary N) is 1. The molecule has 0 amide bonds. The number of nitrogens with two attached hydrogens (primary N) is 1. The van der Waals surface area contributed by atoms with Gasteiger partial charge < -0.3 is 19.9 Å². The Morgan fingerprint density at radius 1 is 1.36 bits per heavy atom. The standard InChI is InChI=1S/C19H29N5O4/c1-17(2,3)7-19-8-26-11(12(19)27-18(4,5)6)15(28-19)24-9-21-10-13(24)22-16(20)23-14(10)25/h9,11-12,15H,7-8H2,1-6H3,(H3,20,22,23,25)/t11?,12?,15-,19?/m1/s1. The third kappa shape index (κ3) is 3.21. The van der Waals surface area contributed by atoms with Crippen molar-refractivity contribution in [1.29, 1.82) is 0 Å². The average molecular weight is 391 g/mol. The maximum Gasteiger partial charge on any atom is 0.280 e. The van der Waals surface area contributed by atoms with E-state index in [0.717, 1.165) is 6.42 Å². The molecule has 2 aromatic heterocycles. The van der Waals surface area contributed by atoms with Crippen molar-refractivity contribution in [1.82, 2.24) is 19.5 Å². The molecule has 2 bridgehead atoms. The van der Waals surface area contributed by atoms with E-state index in [1.165, 1.54) is 0 Å². The molecule has 2 fully saturated rings. The summed E-state index contributed by atoms with van der Waals surface area (Å²) < 4.78 is 20.9. The Balaban J connectivity index is 1.78. The Hall–Kier alpha value is -1.97. The van der Waals surface area contributed by atoms with Crippen LogP contribution in [0.5, 0.6) is 0 Å². The van der Waals surface area contributed by atoms with Crippen LogP contribution in [0.3, 0.4) is 0 Å². The first kappa shape index (κ1) is 19.4. The van der Waals surface area contributed by atoms with E-state index in [1.807, 2.05) is 20.8 Å². The molecule has 9 heteroatoms. The van der Waals surface area contributed by atoms with Gasteiger partial charge in [0.25, 0.3) is 5.56 Å². The summed E-state index contributed by atoms with van der Waals surface area (Å²) in [6.45, 7) is 13.1. The third-order valence-electron chi connectivity index (χ3n) is 5.01. The second kappa shape index (κ2) is 6.01. The summed E-state index contributed by atoms with van der Waals surface area (Å²) in [5.41, 5.74) is 5.05. The zero-order chi connectivity index (χ0) is 20.5. The molecule has 0 aromatic carbocycles. The molecule has 0 aliphatic carbocycles. The molecule has 28 heavy (non-hydrogen) atoms. The molecular weight excluding hydrogens is 362 g/mol. The van der Waals surface area contributed by atoms with Gasteiger partial charge in [-0.15, -0.1) is 0 Å². The fourth-order valence-electron chi connectivity index (χ4n) is 4.34. The van der Waals surface area contributed by atoms with Crippen molar-refractivity contribution in [3.05, 3.63) is 16.7 Å². The van der Waals surface area contributed by atoms with Gasteiger partial charge in [-0.1, -0.05) is 20.8 Å². The number of aromatic nitrogens is 4. The average Bonchev–Trinajstić information content (AvgIpc) is 3.14. The van der Waals surface area contributed by atoms with Crippen LogP contribution in [0.2, 0.25) is 0 Å². The summed E-state index contributed by atoms with van der Waals surface area (Å²) in [5.74, 6) is 0.0372. The van der Waals surface area contributed by atoms with Crippen LogP contribution in [0.15, 0.2) is 11.1 Å². The van der Waals surface area contributed by atoms with Crippen molar-refractivity contribution in [2.24, 2.45) is 5.41 Å². The van der Waals surface area contributed by atoms with E-state index in [4.69, 9.17) is 19.9 Å². The molecule has 154 valence electrons. The number of ether oxygens (including phenoxy) is 3. The number of hydrogen-bond donors (Lipinski definition) is 2. The Labute approximate surface area is 163 Å². The maximum absolute atomic E-state index is 12.1. The van der Waals surface area contributed by atoms with Crippen LogP contribution in [-0.2, 0) is 14.2 Å². The van der Waals surface area contributed by atoms with Gasteiger partial charge in [0, 0.05) is 0 Å². The molecule has 9 nitrogen and oxygen atoms in total. The van der Waals surface area contributed by atoms with Gasteiger partial charge in [0.05, 0.1) is 18.5 Å². The Kier molecular flexibility index (Phi) is 4.16. The summed E-state index contributed by atoms with van der Waals surface area (Å²) in [5, 5.41) is 0. The number of fused-ring (bicyclic) bond motifs is 3. The van der Waals surface area contributed by atoms with Crippen LogP contribution < -0.4 is 11.3 Å². The molecule has 0 radical (unpaired) electrons. The first-order chi connectivity index (χ1) is 12.9. The number of rotatable bonds is 3. The first-order valence-corrected chi connectivity index (χ1v) is 9.58. The molecule has 3 N–H and O–H groups in total. The quantitative estimate of drug-likeness (QED) is 0.821. The second-order valence-corrected chi connectivity index (χ2v) is 10.0. The van der Waals surface area contributed by atoms with Crippen LogP contribution in [0.25, 0.3) is 11.2 Å². The fourth-order valence-corrected chi connectivity index (χ4v) is 4.34. The van der Waals surface area contributed by atoms with E-state index in [1.54, 1.807) is 10.9 Å². The van der Waals surface area contributed by atoms with Crippen molar-refractivity contribution in [2.45, 2.75) is 77.6 Å². The predicted octanol–water partition coefficient (Wildman–Crippen LogP) is 1.99. The number of nitrogen functional groups attached to an aromatic ring is 1. The number of aromatic amines is 1. The SMILES string of the molecule is CC(C)(C)CC12COC(C1OC(C)(C)C)[C@H](n1cnc3c(=O)[nH]c(N)nc31)O2. The number of hydrogen-bond acceptors (Lipinski definition) is 7. The van der Waals surface area contributed by atoms with Gasteiger partial charge in [0.15, 0.2) is 17.4 Å². The van der Waals surface area contributed by atoms with Crippen molar-refractivity contribution in [3.8, 4) is 0 Å². The van der Waals surface area contributed by atoms with E-state index in [2.05, 4.69) is 35.7 Å². The minimum atomic E-state index is -0.579. The van der Waals surface area contributed by atoms with Gasteiger partial charge in [0.1, 0.15) is 17.8 Å². The van der Waals surface area contributed by atoms with Gasteiger partial charge >= 0.3 is 0 Å².